The molecule has 0 spiro atoms. The maximum Gasteiger partial charge on any atom is 0.328 e. The van der Waals surface area contributed by atoms with Crippen molar-refractivity contribution in [2.75, 3.05) is 7.11 Å². The fourth-order valence-corrected chi connectivity index (χ4v) is 2.80. The zero-order chi connectivity index (χ0) is 17.9. The van der Waals surface area contributed by atoms with Crippen LogP contribution in [0.4, 0.5) is 0 Å². The highest BCUT2D eigenvalue weighted by Gasteiger charge is 2.35. The molecule has 1 aliphatic heterocycles. The van der Waals surface area contributed by atoms with Crippen LogP contribution in [-0.2, 0) is 20.9 Å². The maximum atomic E-state index is 12.6. The van der Waals surface area contributed by atoms with Crippen molar-refractivity contribution in [2.24, 2.45) is 5.92 Å². The first-order valence-corrected chi connectivity index (χ1v) is 8.17. The van der Waals surface area contributed by atoms with Crippen LogP contribution in [0.25, 0.3) is 0 Å². The van der Waals surface area contributed by atoms with Crippen molar-refractivity contribution in [3.8, 4) is 0 Å². The Morgan fingerprint density at radius 3 is 2.54 bits per heavy atom. The Bertz CT molecular complexity index is 644. The van der Waals surface area contributed by atoms with Gasteiger partial charge in [0.15, 0.2) is 0 Å². The van der Waals surface area contributed by atoms with Crippen LogP contribution in [0, 0.1) is 5.92 Å². The van der Waals surface area contributed by atoms with E-state index in [9.17, 15) is 14.4 Å². The van der Waals surface area contributed by atoms with Crippen LogP contribution in [0.1, 0.15) is 43.1 Å². The third-order valence-corrected chi connectivity index (χ3v) is 4.66. The first-order valence-electron chi connectivity index (χ1n) is 8.17. The predicted octanol–water partition coefficient (Wildman–Crippen LogP) is 1.73. The second-order valence-corrected chi connectivity index (χ2v) is 6.16. The summed E-state index contributed by atoms with van der Waals surface area (Å²) >= 11 is 0. The molecular weight excluding hydrogens is 308 g/mol. The van der Waals surface area contributed by atoms with E-state index in [1.165, 1.54) is 12.0 Å². The summed E-state index contributed by atoms with van der Waals surface area (Å²) in [6, 6.07) is 5.95. The first kappa shape index (κ1) is 18.0. The molecule has 2 amide bonds. The van der Waals surface area contributed by atoms with Gasteiger partial charge in [-0.1, -0.05) is 38.5 Å². The molecule has 0 saturated carbocycles. The lowest BCUT2D eigenvalue weighted by Crippen LogP contribution is -2.52. The minimum atomic E-state index is -0.713. The van der Waals surface area contributed by atoms with Crippen molar-refractivity contribution in [1.82, 2.24) is 10.2 Å². The van der Waals surface area contributed by atoms with Crippen molar-refractivity contribution in [2.45, 2.75) is 45.8 Å². The van der Waals surface area contributed by atoms with E-state index in [2.05, 4.69) is 5.32 Å². The predicted molar refractivity (Wildman–Crippen MR) is 89.2 cm³/mol. The molecule has 24 heavy (non-hydrogen) atoms. The van der Waals surface area contributed by atoms with Crippen molar-refractivity contribution in [1.29, 1.82) is 0 Å². The molecule has 3 unspecified atom stereocenters. The number of nitrogens with one attached hydrogen (secondary N) is 1. The van der Waals surface area contributed by atoms with Gasteiger partial charge in [0.25, 0.3) is 5.91 Å². The van der Waals surface area contributed by atoms with Gasteiger partial charge in [-0.15, -0.1) is 0 Å². The van der Waals surface area contributed by atoms with Gasteiger partial charge in [-0.05, 0) is 24.5 Å². The minimum absolute atomic E-state index is 0.0555. The number of rotatable bonds is 6. The summed E-state index contributed by atoms with van der Waals surface area (Å²) in [7, 11) is 1.30. The van der Waals surface area contributed by atoms with Crippen LogP contribution in [0.5, 0.6) is 0 Å². The second-order valence-electron chi connectivity index (χ2n) is 6.16. The van der Waals surface area contributed by atoms with Crippen LogP contribution < -0.4 is 5.32 Å². The Balaban J connectivity index is 2.10. The van der Waals surface area contributed by atoms with Crippen molar-refractivity contribution in [3.63, 3.8) is 0 Å². The number of carbonyl (C=O) groups is 3. The normalized spacial score (nSPS) is 17.0. The highest BCUT2D eigenvalue weighted by atomic mass is 16.5. The highest BCUT2D eigenvalue weighted by Crippen LogP contribution is 2.24. The third-order valence-electron chi connectivity index (χ3n) is 4.66. The molecule has 3 atom stereocenters. The number of amides is 2. The van der Waals surface area contributed by atoms with Gasteiger partial charge in [-0.2, -0.15) is 0 Å². The van der Waals surface area contributed by atoms with Gasteiger partial charge in [-0.25, -0.2) is 4.79 Å². The quantitative estimate of drug-likeness (QED) is 0.805. The number of fused-ring (bicyclic) bond motifs is 1. The summed E-state index contributed by atoms with van der Waals surface area (Å²) in [4.78, 5) is 38.5. The van der Waals surface area contributed by atoms with Gasteiger partial charge in [0, 0.05) is 12.1 Å². The third kappa shape index (κ3) is 3.42. The Morgan fingerprint density at radius 1 is 1.29 bits per heavy atom. The van der Waals surface area contributed by atoms with Gasteiger partial charge in [0.05, 0.1) is 7.11 Å². The molecule has 0 aromatic heterocycles. The summed E-state index contributed by atoms with van der Waals surface area (Å²) in [5, 5.41) is 2.74. The molecule has 0 bridgehead atoms. The molecule has 1 aliphatic rings. The van der Waals surface area contributed by atoms with Gasteiger partial charge < -0.3 is 15.0 Å². The van der Waals surface area contributed by atoms with E-state index in [1.807, 2.05) is 26.0 Å². The van der Waals surface area contributed by atoms with Gasteiger partial charge in [-0.3, -0.25) is 9.59 Å². The molecule has 6 nitrogen and oxygen atoms in total. The summed E-state index contributed by atoms with van der Waals surface area (Å²) in [5.74, 6) is -1.04. The maximum absolute atomic E-state index is 12.6. The number of benzene rings is 1. The molecule has 1 aromatic rings. The molecule has 0 aliphatic carbocycles. The SMILES string of the molecule is CCC(C)C(NC(=O)C(C)N1Cc2ccccc2C1=O)C(=O)OC. The van der Waals surface area contributed by atoms with Crippen LogP contribution in [0.3, 0.4) is 0 Å². The van der Waals surface area contributed by atoms with Crippen molar-refractivity contribution >= 4 is 17.8 Å². The number of methoxy groups -OCH3 is 1. The number of hydrogen-bond acceptors (Lipinski definition) is 4. The number of ether oxygens (including phenoxy) is 1. The zero-order valence-electron chi connectivity index (χ0n) is 14.5. The number of nitrogens with zero attached hydrogens (tertiary/aromatic N) is 1. The van der Waals surface area contributed by atoms with Crippen LogP contribution in [0.2, 0.25) is 0 Å². The molecule has 1 N–H and O–H groups in total. The summed E-state index contributed by atoms with van der Waals surface area (Å²) in [5.41, 5.74) is 1.54. The second kappa shape index (κ2) is 7.47. The molecule has 2 rings (SSSR count). The van der Waals surface area contributed by atoms with E-state index >= 15 is 0 Å². The lowest BCUT2D eigenvalue weighted by atomic mass is 9.99. The van der Waals surface area contributed by atoms with Crippen LogP contribution >= 0.6 is 0 Å². The van der Waals surface area contributed by atoms with E-state index < -0.39 is 18.1 Å². The lowest BCUT2D eigenvalue weighted by Gasteiger charge is -2.27. The minimum Gasteiger partial charge on any atom is -0.467 e. The molecule has 0 radical (unpaired) electrons. The standard InChI is InChI=1S/C18H24N2O4/c1-5-11(2)15(18(23)24-4)19-16(21)12(3)20-10-13-8-6-7-9-14(13)17(20)22/h6-9,11-12,15H,5,10H2,1-4H3,(H,19,21). The molecule has 0 saturated heterocycles. The monoisotopic (exact) mass is 332 g/mol. The first-order chi connectivity index (χ1) is 11.4. The molecule has 0 fully saturated rings. The van der Waals surface area contributed by atoms with Crippen molar-refractivity contribution in [3.05, 3.63) is 35.4 Å². The lowest BCUT2D eigenvalue weighted by molar-refractivity contribution is -0.147. The van der Waals surface area contributed by atoms with Gasteiger partial charge >= 0.3 is 5.97 Å². The zero-order valence-corrected chi connectivity index (χ0v) is 14.5. The summed E-state index contributed by atoms with van der Waals surface area (Å²) < 4.78 is 4.78. The Labute approximate surface area is 142 Å². The van der Waals surface area contributed by atoms with Crippen molar-refractivity contribution < 1.29 is 19.1 Å². The molecule has 6 heteroatoms. The fourth-order valence-electron chi connectivity index (χ4n) is 2.80. The van der Waals surface area contributed by atoms with Crippen LogP contribution in [-0.4, -0.2) is 41.9 Å². The number of esters is 1. The molecule has 1 heterocycles. The smallest absolute Gasteiger partial charge is 0.328 e. The Kier molecular flexibility index (Phi) is 5.59. The molecule has 130 valence electrons. The van der Waals surface area contributed by atoms with E-state index in [1.54, 1.807) is 19.1 Å². The van der Waals surface area contributed by atoms with E-state index in [-0.39, 0.29) is 17.7 Å². The Morgan fingerprint density at radius 2 is 1.96 bits per heavy atom. The van der Waals surface area contributed by atoms with Gasteiger partial charge in [0.1, 0.15) is 12.1 Å². The highest BCUT2D eigenvalue weighted by molar-refractivity contribution is 6.01. The fraction of sp³-hybridized carbons (Fsp3) is 0.500. The summed E-state index contributed by atoms with van der Waals surface area (Å²) in [6.07, 6.45) is 0.725. The molecular formula is C18H24N2O4. The average molecular weight is 332 g/mol. The van der Waals surface area contributed by atoms with Gasteiger partial charge in [0.2, 0.25) is 5.91 Å². The molecule has 1 aromatic carbocycles. The Hall–Kier alpha value is -2.37. The van der Waals surface area contributed by atoms with E-state index in [4.69, 9.17) is 4.74 Å². The average Bonchev–Trinajstić information content (AvgIpc) is 2.94. The van der Waals surface area contributed by atoms with E-state index in [0.717, 1.165) is 12.0 Å². The largest absolute Gasteiger partial charge is 0.467 e. The summed E-state index contributed by atoms with van der Waals surface area (Å²) in [6.45, 7) is 5.89. The topological polar surface area (TPSA) is 75.7 Å². The van der Waals surface area contributed by atoms with Crippen LogP contribution in [0.15, 0.2) is 24.3 Å². The van der Waals surface area contributed by atoms with E-state index in [0.29, 0.717) is 12.1 Å². The number of carbonyl (C=O) groups excluding carboxylic acids is 3. The number of hydrogen-bond donors (Lipinski definition) is 1.